The van der Waals surface area contributed by atoms with Crippen LogP contribution in [0, 0.1) is 17.8 Å². The summed E-state index contributed by atoms with van der Waals surface area (Å²) in [6, 6.07) is 0.244. The first-order valence-electron chi connectivity index (χ1n) is 6.87. The first kappa shape index (κ1) is 17.3. The molecule has 0 saturated carbocycles. The topological polar surface area (TPSA) is 29.1 Å². The quantitative estimate of drug-likeness (QED) is 0.718. The van der Waals surface area contributed by atoms with Crippen LogP contribution in [0.1, 0.15) is 48.0 Å². The molecule has 0 amide bonds. The monoisotopic (exact) mass is 257 g/mol. The lowest BCUT2D eigenvalue weighted by atomic mass is 9.87. The van der Waals surface area contributed by atoms with Gasteiger partial charge in [0.1, 0.15) is 11.6 Å². The molecule has 0 fully saturated rings. The van der Waals surface area contributed by atoms with Gasteiger partial charge in [-0.1, -0.05) is 41.5 Å². The van der Waals surface area contributed by atoms with Crippen LogP contribution >= 0.6 is 0 Å². The van der Waals surface area contributed by atoms with Crippen LogP contribution in [0.5, 0.6) is 0 Å². The number of halogens is 1. The second-order valence-corrected chi connectivity index (χ2v) is 5.94. The molecule has 2 nitrogen and oxygen atoms in total. The molecule has 0 rings (SSSR count). The number of Topliss-reactive ketones (excluding diaryl/α,β-unsaturated/α-hetero) is 1. The normalized spacial score (nSPS) is 14.7. The van der Waals surface area contributed by atoms with Gasteiger partial charge >= 0.3 is 0 Å². The van der Waals surface area contributed by atoms with Crippen molar-refractivity contribution in [1.29, 1.82) is 0 Å². The van der Waals surface area contributed by atoms with E-state index in [2.05, 4.69) is 19.2 Å². The highest BCUT2D eigenvalue weighted by Gasteiger charge is 2.21. The maximum absolute atomic E-state index is 13.7. The third-order valence-electron chi connectivity index (χ3n) is 2.72. The Morgan fingerprint density at radius 2 is 1.72 bits per heavy atom. The van der Waals surface area contributed by atoms with Crippen molar-refractivity contribution < 1.29 is 9.18 Å². The average molecular weight is 257 g/mol. The summed E-state index contributed by atoms with van der Waals surface area (Å²) in [4.78, 5) is 12.0. The van der Waals surface area contributed by atoms with Crippen LogP contribution < -0.4 is 5.32 Å². The number of nitrogens with one attached hydrogen (secondary N) is 1. The lowest BCUT2D eigenvalue weighted by Gasteiger charge is -2.17. The smallest absolute Gasteiger partial charge is 0.142 e. The van der Waals surface area contributed by atoms with Crippen molar-refractivity contribution in [3.8, 4) is 0 Å². The first-order valence-corrected chi connectivity index (χ1v) is 6.87. The molecule has 0 heterocycles. The maximum Gasteiger partial charge on any atom is 0.142 e. The fourth-order valence-electron chi connectivity index (χ4n) is 1.78. The summed E-state index contributed by atoms with van der Waals surface area (Å²) in [6.07, 6.45) is 2.21. The average Bonchev–Trinajstić information content (AvgIpc) is 2.23. The molecule has 0 bridgehead atoms. The molecule has 1 atom stereocenters. The fourth-order valence-corrected chi connectivity index (χ4v) is 1.78. The van der Waals surface area contributed by atoms with Gasteiger partial charge in [0.2, 0.25) is 0 Å². The zero-order valence-electron chi connectivity index (χ0n) is 12.6. The Bertz CT molecular complexity index is 282. The maximum atomic E-state index is 13.7. The Hall–Kier alpha value is -0.700. The van der Waals surface area contributed by atoms with Crippen molar-refractivity contribution in [1.82, 2.24) is 5.32 Å². The van der Waals surface area contributed by atoms with Gasteiger partial charge in [0, 0.05) is 24.4 Å². The highest BCUT2D eigenvalue weighted by Crippen LogP contribution is 2.20. The van der Waals surface area contributed by atoms with E-state index in [1.165, 1.54) is 6.08 Å². The lowest BCUT2D eigenvalue weighted by molar-refractivity contribution is -0.124. The van der Waals surface area contributed by atoms with Gasteiger partial charge in [0.25, 0.3) is 0 Å². The minimum Gasteiger partial charge on any atom is -0.308 e. The van der Waals surface area contributed by atoms with Crippen LogP contribution in [0.25, 0.3) is 0 Å². The van der Waals surface area contributed by atoms with Crippen LogP contribution in [0.2, 0.25) is 0 Å². The Labute approximate surface area is 111 Å². The van der Waals surface area contributed by atoms with Crippen molar-refractivity contribution in [3.63, 3.8) is 0 Å². The van der Waals surface area contributed by atoms with E-state index in [0.717, 1.165) is 0 Å². The zero-order chi connectivity index (χ0) is 14.3. The molecule has 0 spiro atoms. The van der Waals surface area contributed by atoms with Crippen molar-refractivity contribution in [2.45, 2.75) is 54.0 Å². The van der Waals surface area contributed by atoms with Gasteiger partial charge in [-0.25, -0.2) is 4.39 Å². The SMILES string of the molecule is CC(C)C[C@H](/C=C(\F)CNC(C)C)C(=O)C(C)C. The summed E-state index contributed by atoms with van der Waals surface area (Å²) >= 11 is 0. The number of rotatable bonds is 8. The van der Waals surface area contributed by atoms with Gasteiger partial charge in [-0.3, -0.25) is 4.79 Å². The molecule has 3 heteroatoms. The molecular weight excluding hydrogens is 229 g/mol. The van der Waals surface area contributed by atoms with Crippen molar-refractivity contribution in [2.24, 2.45) is 17.8 Å². The molecule has 1 N–H and O–H groups in total. The Morgan fingerprint density at radius 1 is 1.17 bits per heavy atom. The molecule has 0 aromatic rings. The molecule has 0 aromatic carbocycles. The van der Waals surface area contributed by atoms with Crippen LogP contribution in [-0.4, -0.2) is 18.4 Å². The molecule has 0 aliphatic carbocycles. The van der Waals surface area contributed by atoms with Crippen molar-refractivity contribution in [3.05, 3.63) is 11.9 Å². The summed E-state index contributed by atoms with van der Waals surface area (Å²) in [7, 11) is 0. The largest absolute Gasteiger partial charge is 0.308 e. The second kappa shape index (κ2) is 8.41. The van der Waals surface area contributed by atoms with Gasteiger partial charge in [-0.2, -0.15) is 0 Å². The van der Waals surface area contributed by atoms with E-state index in [1.54, 1.807) is 0 Å². The third-order valence-corrected chi connectivity index (χ3v) is 2.72. The molecule has 0 saturated heterocycles. The molecular formula is C15H28FNO. The summed E-state index contributed by atoms with van der Waals surface area (Å²) in [5.74, 6) is -0.0543. The number of hydrogen-bond donors (Lipinski definition) is 1. The van der Waals surface area contributed by atoms with E-state index in [-0.39, 0.29) is 36.0 Å². The fraction of sp³-hybridized carbons (Fsp3) is 0.800. The highest BCUT2D eigenvalue weighted by molar-refractivity contribution is 5.84. The van der Waals surface area contributed by atoms with Crippen LogP contribution in [-0.2, 0) is 4.79 Å². The number of carbonyl (C=O) groups is 1. The number of carbonyl (C=O) groups excluding carboxylic acids is 1. The van der Waals surface area contributed by atoms with E-state index >= 15 is 0 Å². The minimum atomic E-state index is -0.293. The summed E-state index contributed by atoms with van der Waals surface area (Å²) in [6.45, 7) is 12.0. The van der Waals surface area contributed by atoms with E-state index in [1.807, 2.05) is 27.7 Å². The number of hydrogen-bond acceptors (Lipinski definition) is 2. The predicted octanol–water partition coefficient (Wildman–Crippen LogP) is 3.73. The molecule has 0 aliphatic rings. The summed E-state index contributed by atoms with van der Waals surface area (Å²) in [5.41, 5.74) is 0. The van der Waals surface area contributed by atoms with Crippen LogP contribution in [0.3, 0.4) is 0 Å². The van der Waals surface area contributed by atoms with Crippen molar-refractivity contribution in [2.75, 3.05) is 6.54 Å². The van der Waals surface area contributed by atoms with E-state index < -0.39 is 0 Å². The van der Waals surface area contributed by atoms with Crippen LogP contribution in [0.15, 0.2) is 11.9 Å². The van der Waals surface area contributed by atoms with Gasteiger partial charge in [0.15, 0.2) is 0 Å². The first-order chi connectivity index (χ1) is 8.23. The Morgan fingerprint density at radius 3 is 2.11 bits per heavy atom. The van der Waals surface area contributed by atoms with E-state index in [0.29, 0.717) is 12.3 Å². The van der Waals surface area contributed by atoms with Crippen LogP contribution in [0.4, 0.5) is 4.39 Å². The third kappa shape index (κ3) is 7.59. The summed E-state index contributed by atoms with van der Waals surface area (Å²) in [5, 5.41) is 3.02. The standard InChI is InChI=1S/C15H28FNO/c1-10(2)7-13(15(18)11(3)4)8-14(16)9-17-12(5)6/h8,10-13,17H,7,9H2,1-6H3/b14-8-/t13-/m1/s1. The molecule has 0 radical (unpaired) electrons. The van der Waals surface area contributed by atoms with Gasteiger partial charge in [-0.05, 0) is 18.4 Å². The lowest BCUT2D eigenvalue weighted by Crippen LogP contribution is -2.25. The van der Waals surface area contributed by atoms with Crippen molar-refractivity contribution >= 4 is 5.78 Å². The molecule has 0 unspecified atom stereocenters. The van der Waals surface area contributed by atoms with E-state index in [4.69, 9.17) is 0 Å². The van der Waals surface area contributed by atoms with E-state index in [9.17, 15) is 9.18 Å². The molecule has 18 heavy (non-hydrogen) atoms. The highest BCUT2D eigenvalue weighted by atomic mass is 19.1. The van der Waals surface area contributed by atoms with Gasteiger partial charge in [-0.15, -0.1) is 0 Å². The molecule has 0 aliphatic heterocycles. The summed E-state index contributed by atoms with van der Waals surface area (Å²) < 4.78 is 13.7. The minimum absolute atomic E-state index is 0.0455. The second-order valence-electron chi connectivity index (χ2n) is 5.94. The molecule has 0 aromatic heterocycles. The van der Waals surface area contributed by atoms with Gasteiger partial charge in [0.05, 0.1) is 0 Å². The predicted molar refractivity (Wildman–Crippen MR) is 75.1 cm³/mol. The number of allylic oxidation sites excluding steroid dienone is 1. The van der Waals surface area contributed by atoms with Gasteiger partial charge < -0.3 is 5.32 Å². The Balaban J connectivity index is 4.65. The number of ketones is 1. The molecule has 106 valence electrons. The zero-order valence-corrected chi connectivity index (χ0v) is 12.6. The Kier molecular flexibility index (Phi) is 8.08.